The van der Waals surface area contributed by atoms with Crippen LogP contribution in [0.4, 0.5) is 0 Å². The fourth-order valence-corrected chi connectivity index (χ4v) is 1.55. The Morgan fingerprint density at radius 2 is 2.07 bits per heavy atom. The topological polar surface area (TPSA) is 35.2 Å². The number of halogens is 1. The number of unbranched alkanes of at least 4 members (excludes halogenated alkanes) is 2. The van der Waals surface area contributed by atoms with Gasteiger partial charge in [0.1, 0.15) is 5.75 Å². The molecule has 0 saturated carbocycles. The highest BCUT2D eigenvalue weighted by atomic mass is 79.9. The summed E-state index contributed by atoms with van der Waals surface area (Å²) in [5.41, 5.74) is 5.39. The smallest absolute Gasteiger partial charge is 0.120 e. The molecule has 0 spiro atoms. The summed E-state index contributed by atoms with van der Waals surface area (Å²) in [7, 11) is 0. The van der Waals surface area contributed by atoms with E-state index in [0.717, 1.165) is 42.6 Å². The lowest BCUT2D eigenvalue weighted by atomic mass is 10.2. The maximum Gasteiger partial charge on any atom is 0.120 e. The molecular weight excluding hydrogens is 242 g/mol. The van der Waals surface area contributed by atoms with Crippen molar-refractivity contribution < 1.29 is 4.74 Å². The third kappa shape index (κ3) is 4.63. The van der Waals surface area contributed by atoms with Gasteiger partial charge in [-0.25, -0.2) is 0 Å². The van der Waals surface area contributed by atoms with Gasteiger partial charge in [-0.3, -0.25) is 0 Å². The number of nitrogens with two attached hydrogens (primary N) is 1. The fraction of sp³-hybridized carbons (Fsp3) is 0.455. The summed E-state index contributed by atoms with van der Waals surface area (Å²) < 4.78 is 6.62. The minimum atomic E-state index is 0.774. The summed E-state index contributed by atoms with van der Waals surface area (Å²) in [6.45, 7) is 1.55. The molecule has 0 aliphatic carbocycles. The molecule has 0 unspecified atom stereocenters. The largest absolute Gasteiger partial charge is 0.494 e. The monoisotopic (exact) mass is 257 g/mol. The third-order valence-electron chi connectivity index (χ3n) is 1.91. The van der Waals surface area contributed by atoms with Crippen LogP contribution in [-0.4, -0.2) is 13.2 Å². The van der Waals surface area contributed by atoms with Crippen LogP contribution in [0.5, 0.6) is 5.75 Å². The van der Waals surface area contributed by atoms with E-state index < -0.39 is 0 Å². The molecule has 1 rings (SSSR count). The van der Waals surface area contributed by atoms with Crippen LogP contribution < -0.4 is 10.5 Å². The molecule has 0 heterocycles. The molecule has 0 amide bonds. The molecule has 0 atom stereocenters. The van der Waals surface area contributed by atoms with Gasteiger partial charge < -0.3 is 10.5 Å². The Morgan fingerprint density at radius 3 is 2.79 bits per heavy atom. The highest BCUT2D eigenvalue weighted by Gasteiger charge is 1.94. The predicted molar refractivity (Wildman–Crippen MR) is 62.5 cm³/mol. The summed E-state index contributed by atoms with van der Waals surface area (Å²) in [5, 5.41) is 0. The van der Waals surface area contributed by atoms with E-state index in [-0.39, 0.29) is 0 Å². The lowest BCUT2D eigenvalue weighted by Gasteiger charge is -2.05. The van der Waals surface area contributed by atoms with Crippen molar-refractivity contribution in [1.29, 1.82) is 0 Å². The van der Waals surface area contributed by atoms with E-state index in [2.05, 4.69) is 15.9 Å². The van der Waals surface area contributed by atoms with Gasteiger partial charge in [0, 0.05) is 4.47 Å². The molecule has 1 aromatic rings. The number of hydrogen-bond donors (Lipinski definition) is 1. The Labute approximate surface area is 93.6 Å². The van der Waals surface area contributed by atoms with Crippen molar-refractivity contribution in [2.24, 2.45) is 5.73 Å². The quantitative estimate of drug-likeness (QED) is 0.796. The van der Waals surface area contributed by atoms with Gasteiger partial charge in [-0.2, -0.15) is 0 Å². The first-order valence-electron chi connectivity index (χ1n) is 4.91. The van der Waals surface area contributed by atoms with Crippen LogP contribution in [0.1, 0.15) is 19.3 Å². The molecule has 0 fully saturated rings. The SMILES string of the molecule is NCCCCCOc1cccc(Br)c1. The molecule has 0 saturated heterocycles. The molecule has 0 aliphatic rings. The lowest BCUT2D eigenvalue weighted by molar-refractivity contribution is 0.305. The van der Waals surface area contributed by atoms with Crippen molar-refractivity contribution in [2.75, 3.05) is 13.2 Å². The van der Waals surface area contributed by atoms with Crippen LogP contribution in [0.25, 0.3) is 0 Å². The Morgan fingerprint density at radius 1 is 1.21 bits per heavy atom. The van der Waals surface area contributed by atoms with Gasteiger partial charge in [-0.05, 0) is 44.0 Å². The van der Waals surface area contributed by atoms with Crippen LogP contribution in [-0.2, 0) is 0 Å². The predicted octanol–water partition coefficient (Wildman–Crippen LogP) is 2.96. The zero-order valence-electron chi connectivity index (χ0n) is 8.21. The van der Waals surface area contributed by atoms with Crippen molar-refractivity contribution >= 4 is 15.9 Å². The Bertz CT molecular complexity index is 265. The second-order valence-corrected chi connectivity index (χ2v) is 4.07. The number of ether oxygens (including phenoxy) is 1. The van der Waals surface area contributed by atoms with E-state index in [9.17, 15) is 0 Å². The van der Waals surface area contributed by atoms with Crippen LogP contribution in [0.15, 0.2) is 28.7 Å². The maximum atomic E-state index is 5.56. The zero-order valence-corrected chi connectivity index (χ0v) is 9.79. The second kappa shape index (κ2) is 6.85. The highest BCUT2D eigenvalue weighted by Crippen LogP contribution is 2.17. The van der Waals surface area contributed by atoms with E-state index in [1.807, 2.05) is 24.3 Å². The van der Waals surface area contributed by atoms with Gasteiger partial charge >= 0.3 is 0 Å². The molecule has 2 N–H and O–H groups in total. The Kier molecular flexibility index (Phi) is 5.64. The molecule has 0 radical (unpaired) electrons. The molecule has 78 valence electrons. The van der Waals surface area contributed by atoms with Gasteiger partial charge in [0.05, 0.1) is 6.61 Å². The summed E-state index contributed by atoms with van der Waals surface area (Å²) >= 11 is 3.40. The molecule has 14 heavy (non-hydrogen) atoms. The number of rotatable bonds is 6. The van der Waals surface area contributed by atoms with Crippen LogP contribution in [0.2, 0.25) is 0 Å². The first kappa shape index (κ1) is 11.5. The molecule has 3 heteroatoms. The van der Waals surface area contributed by atoms with Crippen molar-refractivity contribution in [3.63, 3.8) is 0 Å². The molecular formula is C11H16BrNO. The van der Waals surface area contributed by atoms with Gasteiger partial charge in [-0.1, -0.05) is 22.0 Å². The van der Waals surface area contributed by atoms with Gasteiger partial charge in [0.15, 0.2) is 0 Å². The molecule has 0 aromatic heterocycles. The lowest BCUT2D eigenvalue weighted by Crippen LogP contribution is -2.01. The summed E-state index contributed by atoms with van der Waals surface area (Å²) in [6.07, 6.45) is 3.30. The standard InChI is InChI=1S/C11H16BrNO/c12-10-5-4-6-11(9-10)14-8-3-1-2-7-13/h4-6,9H,1-3,7-8,13H2. The molecule has 2 nitrogen and oxygen atoms in total. The minimum absolute atomic E-state index is 0.774. The first-order valence-corrected chi connectivity index (χ1v) is 5.70. The fourth-order valence-electron chi connectivity index (χ4n) is 1.17. The molecule has 0 bridgehead atoms. The summed E-state index contributed by atoms with van der Waals surface area (Å²) in [4.78, 5) is 0. The maximum absolute atomic E-state index is 5.56. The Hall–Kier alpha value is -0.540. The van der Waals surface area contributed by atoms with E-state index >= 15 is 0 Å². The average molecular weight is 258 g/mol. The van der Waals surface area contributed by atoms with Crippen LogP contribution in [0, 0.1) is 0 Å². The zero-order chi connectivity index (χ0) is 10.2. The van der Waals surface area contributed by atoms with Crippen molar-refractivity contribution in [2.45, 2.75) is 19.3 Å². The number of benzene rings is 1. The van der Waals surface area contributed by atoms with E-state index in [4.69, 9.17) is 10.5 Å². The van der Waals surface area contributed by atoms with Crippen molar-refractivity contribution in [3.05, 3.63) is 28.7 Å². The van der Waals surface area contributed by atoms with Gasteiger partial charge in [0.25, 0.3) is 0 Å². The second-order valence-electron chi connectivity index (χ2n) is 3.16. The van der Waals surface area contributed by atoms with Crippen molar-refractivity contribution in [1.82, 2.24) is 0 Å². The van der Waals surface area contributed by atoms with E-state index in [0.29, 0.717) is 0 Å². The van der Waals surface area contributed by atoms with Gasteiger partial charge in [0.2, 0.25) is 0 Å². The Balaban J connectivity index is 2.18. The summed E-state index contributed by atoms with van der Waals surface area (Å²) in [6, 6.07) is 7.90. The molecule has 1 aromatic carbocycles. The van der Waals surface area contributed by atoms with Crippen LogP contribution >= 0.6 is 15.9 Å². The molecule has 0 aliphatic heterocycles. The van der Waals surface area contributed by atoms with E-state index in [1.54, 1.807) is 0 Å². The average Bonchev–Trinajstić information content (AvgIpc) is 2.18. The minimum Gasteiger partial charge on any atom is -0.494 e. The number of hydrogen-bond acceptors (Lipinski definition) is 2. The van der Waals surface area contributed by atoms with Crippen molar-refractivity contribution in [3.8, 4) is 5.75 Å². The van der Waals surface area contributed by atoms with Gasteiger partial charge in [-0.15, -0.1) is 0 Å². The third-order valence-corrected chi connectivity index (χ3v) is 2.41. The van der Waals surface area contributed by atoms with Crippen LogP contribution in [0.3, 0.4) is 0 Å². The normalized spacial score (nSPS) is 10.1. The first-order chi connectivity index (χ1) is 6.83. The summed E-state index contributed by atoms with van der Waals surface area (Å²) in [5.74, 6) is 0.923. The van der Waals surface area contributed by atoms with E-state index in [1.165, 1.54) is 0 Å². The highest BCUT2D eigenvalue weighted by molar-refractivity contribution is 9.10.